The summed E-state index contributed by atoms with van der Waals surface area (Å²) in [7, 11) is 4.65. The molecular weight excluding hydrogens is 464 g/mol. The van der Waals surface area contributed by atoms with E-state index in [0.717, 1.165) is 6.42 Å². The van der Waals surface area contributed by atoms with E-state index in [0.29, 0.717) is 58.2 Å². The number of methoxy groups -OCH3 is 3. The Morgan fingerprint density at radius 3 is 2.42 bits per heavy atom. The molecule has 2 unspecified atom stereocenters. The normalized spacial score (nSPS) is 18.8. The van der Waals surface area contributed by atoms with Crippen LogP contribution in [0.25, 0.3) is 22.4 Å². The summed E-state index contributed by atoms with van der Waals surface area (Å²) in [6.07, 6.45) is 3.28. The van der Waals surface area contributed by atoms with Gasteiger partial charge in [0.1, 0.15) is 17.2 Å². The number of aromatic amines is 1. The number of H-pyrrole nitrogens is 1. The smallest absolute Gasteiger partial charge is 0.410 e. The highest BCUT2D eigenvalue weighted by Crippen LogP contribution is 2.43. The lowest BCUT2D eigenvalue weighted by Gasteiger charge is -2.39. The Bertz CT molecular complexity index is 1240. The molecule has 1 aliphatic heterocycles. The lowest BCUT2D eigenvalue weighted by molar-refractivity contribution is -0.0262. The minimum atomic E-state index is -1.01. The second-order valence-corrected chi connectivity index (χ2v) is 10.1. The van der Waals surface area contributed by atoms with Crippen molar-refractivity contribution >= 4 is 17.3 Å². The molecule has 1 fully saturated rings. The van der Waals surface area contributed by atoms with Gasteiger partial charge in [-0.1, -0.05) is 0 Å². The Labute approximate surface area is 210 Å². The molecule has 0 saturated carbocycles. The number of benzene rings is 1. The molecule has 2 N–H and O–H groups in total. The van der Waals surface area contributed by atoms with Crippen LogP contribution < -0.4 is 14.2 Å². The van der Waals surface area contributed by atoms with Gasteiger partial charge in [0.15, 0.2) is 17.1 Å². The fourth-order valence-corrected chi connectivity index (χ4v) is 4.71. The van der Waals surface area contributed by atoms with Crippen LogP contribution in [0.1, 0.15) is 52.2 Å². The number of fused-ring (bicyclic) bond motifs is 1. The van der Waals surface area contributed by atoms with Gasteiger partial charge in [-0.3, -0.25) is 4.90 Å². The van der Waals surface area contributed by atoms with E-state index < -0.39 is 23.3 Å². The molecule has 1 aromatic carbocycles. The maximum Gasteiger partial charge on any atom is 0.410 e. The van der Waals surface area contributed by atoms with Crippen molar-refractivity contribution in [2.45, 2.75) is 57.8 Å². The summed E-state index contributed by atoms with van der Waals surface area (Å²) >= 11 is 0. The summed E-state index contributed by atoms with van der Waals surface area (Å²) < 4.78 is 22.0. The maximum absolute atomic E-state index is 12.9. The topological polar surface area (TPSA) is 119 Å². The Kier molecular flexibility index (Phi) is 6.74. The summed E-state index contributed by atoms with van der Waals surface area (Å²) in [4.78, 5) is 27.0. The molecule has 0 bridgehead atoms. The van der Waals surface area contributed by atoms with Gasteiger partial charge in [-0.05, 0) is 52.7 Å². The largest absolute Gasteiger partial charge is 0.493 e. The summed E-state index contributed by atoms with van der Waals surface area (Å²) in [5, 5.41) is 11.6. The van der Waals surface area contributed by atoms with Crippen LogP contribution >= 0.6 is 0 Å². The van der Waals surface area contributed by atoms with Crippen LogP contribution in [0.5, 0.6) is 17.2 Å². The van der Waals surface area contributed by atoms with E-state index >= 15 is 0 Å². The quantitative estimate of drug-likeness (QED) is 0.511. The standard InChI is InChI=1S/C26H34N4O6/c1-25(2,3)36-24(32)30-10-8-9-26(30,4)22(31)16-13-27-23-20(16)29-17(14-28-23)15-11-18(33-5)21(35-7)19(12-15)34-6/h11-14,22,31H,8-10H2,1-7H3,(H,27,28). The van der Waals surface area contributed by atoms with Gasteiger partial charge in [0, 0.05) is 23.9 Å². The van der Waals surface area contributed by atoms with Crippen molar-refractivity contribution in [3.63, 3.8) is 0 Å². The van der Waals surface area contributed by atoms with Crippen molar-refractivity contribution in [1.29, 1.82) is 0 Å². The number of ether oxygens (including phenoxy) is 4. The third kappa shape index (κ3) is 4.53. The maximum atomic E-state index is 12.9. The number of carbonyl (C=O) groups is 1. The molecule has 10 nitrogen and oxygen atoms in total. The number of nitrogens with zero attached hydrogens (tertiary/aromatic N) is 3. The number of aliphatic hydroxyl groups is 1. The van der Waals surface area contributed by atoms with Crippen LogP contribution in [-0.4, -0.2) is 70.1 Å². The molecule has 1 saturated heterocycles. The minimum absolute atomic E-state index is 0.439. The van der Waals surface area contributed by atoms with Gasteiger partial charge in [0.25, 0.3) is 0 Å². The molecule has 1 aliphatic rings. The Balaban J connectivity index is 1.74. The lowest BCUT2D eigenvalue weighted by Crippen LogP contribution is -2.50. The molecule has 0 radical (unpaired) electrons. The predicted octanol–water partition coefficient (Wildman–Crippen LogP) is 4.47. The molecule has 0 aliphatic carbocycles. The predicted molar refractivity (Wildman–Crippen MR) is 135 cm³/mol. The zero-order valence-corrected chi connectivity index (χ0v) is 21.8. The molecule has 1 amide bonds. The van der Waals surface area contributed by atoms with Gasteiger partial charge in [-0.2, -0.15) is 0 Å². The highest BCUT2D eigenvalue weighted by molar-refractivity contribution is 5.80. The molecule has 3 heterocycles. The van der Waals surface area contributed by atoms with E-state index in [1.807, 2.05) is 27.7 Å². The van der Waals surface area contributed by atoms with Crippen LogP contribution in [-0.2, 0) is 4.74 Å². The van der Waals surface area contributed by atoms with Crippen LogP contribution in [0, 0.1) is 0 Å². The molecule has 194 valence electrons. The van der Waals surface area contributed by atoms with Crippen molar-refractivity contribution in [3.05, 3.63) is 30.1 Å². The second-order valence-electron chi connectivity index (χ2n) is 10.1. The third-order valence-electron chi connectivity index (χ3n) is 6.55. The first kappa shape index (κ1) is 25.6. The van der Waals surface area contributed by atoms with Crippen molar-refractivity contribution in [2.24, 2.45) is 0 Å². The third-order valence-corrected chi connectivity index (χ3v) is 6.55. The average Bonchev–Trinajstić information content (AvgIpc) is 3.45. The summed E-state index contributed by atoms with van der Waals surface area (Å²) in [5.41, 5.74) is 1.40. The van der Waals surface area contributed by atoms with Gasteiger partial charge in [-0.25, -0.2) is 14.8 Å². The number of aromatic nitrogens is 3. The molecule has 36 heavy (non-hydrogen) atoms. The van der Waals surface area contributed by atoms with Gasteiger partial charge in [0.2, 0.25) is 5.75 Å². The van der Waals surface area contributed by atoms with E-state index in [-0.39, 0.29) is 0 Å². The number of hydrogen-bond donors (Lipinski definition) is 2. The highest BCUT2D eigenvalue weighted by Gasteiger charge is 2.48. The Morgan fingerprint density at radius 2 is 1.83 bits per heavy atom. The fourth-order valence-electron chi connectivity index (χ4n) is 4.71. The van der Waals surface area contributed by atoms with E-state index in [1.165, 1.54) is 0 Å². The number of rotatable bonds is 6. The first-order valence-corrected chi connectivity index (χ1v) is 11.9. The zero-order chi connectivity index (χ0) is 26.3. The SMILES string of the molecule is COc1cc(-c2cnc3[nH]cc(C(O)C4(C)CCCN4C(=O)OC(C)(C)C)c3n2)cc(OC)c1OC. The second kappa shape index (κ2) is 9.50. The van der Waals surface area contributed by atoms with Crippen molar-refractivity contribution in [3.8, 4) is 28.5 Å². The monoisotopic (exact) mass is 498 g/mol. The van der Waals surface area contributed by atoms with E-state index in [9.17, 15) is 9.90 Å². The van der Waals surface area contributed by atoms with Crippen LogP contribution in [0.2, 0.25) is 0 Å². The molecular formula is C26H34N4O6. The molecule has 0 spiro atoms. The summed E-state index contributed by atoms with van der Waals surface area (Å²) in [6, 6.07) is 3.59. The number of carbonyl (C=O) groups excluding carboxylic acids is 1. The van der Waals surface area contributed by atoms with Gasteiger partial charge in [0.05, 0.1) is 38.8 Å². The van der Waals surface area contributed by atoms with Crippen LogP contribution in [0.15, 0.2) is 24.5 Å². The average molecular weight is 499 g/mol. The summed E-state index contributed by atoms with van der Waals surface area (Å²) in [6.45, 7) is 7.87. The molecule has 10 heteroatoms. The molecule has 4 rings (SSSR count). The number of aliphatic hydroxyl groups excluding tert-OH is 1. The van der Waals surface area contributed by atoms with Crippen molar-refractivity contribution < 1.29 is 28.8 Å². The van der Waals surface area contributed by atoms with Gasteiger partial charge in [-0.15, -0.1) is 0 Å². The zero-order valence-electron chi connectivity index (χ0n) is 21.8. The fraction of sp³-hybridized carbons (Fsp3) is 0.500. The van der Waals surface area contributed by atoms with Gasteiger partial charge < -0.3 is 29.0 Å². The molecule has 2 aromatic heterocycles. The Hall–Kier alpha value is -3.53. The summed E-state index contributed by atoms with van der Waals surface area (Å²) in [5.74, 6) is 1.47. The first-order valence-electron chi connectivity index (χ1n) is 11.9. The highest BCUT2D eigenvalue weighted by atomic mass is 16.6. The number of amides is 1. The number of likely N-dealkylation sites (tertiary alicyclic amines) is 1. The minimum Gasteiger partial charge on any atom is -0.493 e. The van der Waals surface area contributed by atoms with Crippen LogP contribution in [0.4, 0.5) is 4.79 Å². The molecule has 2 atom stereocenters. The number of hydrogen-bond acceptors (Lipinski definition) is 8. The van der Waals surface area contributed by atoms with E-state index in [1.54, 1.807) is 50.8 Å². The lowest BCUT2D eigenvalue weighted by atomic mass is 9.87. The first-order chi connectivity index (χ1) is 17.0. The Morgan fingerprint density at radius 1 is 1.17 bits per heavy atom. The molecule has 3 aromatic rings. The van der Waals surface area contributed by atoms with Crippen molar-refractivity contribution in [1.82, 2.24) is 19.9 Å². The van der Waals surface area contributed by atoms with Crippen LogP contribution in [0.3, 0.4) is 0 Å². The van der Waals surface area contributed by atoms with Gasteiger partial charge >= 0.3 is 6.09 Å². The van der Waals surface area contributed by atoms with Crippen molar-refractivity contribution in [2.75, 3.05) is 27.9 Å². The van der Waals surface area contributed by atoms with E-state index in [4.69, 9.17) is 23.9 Å². The van der Waals surface area contributed by atoms with E-state index in [2.05, 4.69) is 9.97 Å². The number of nitrogens with one attached hydrogen (secondary N) is 1.